The van der Waals surface area contributed by atoms with Gasteiger partial charge in [0.25, 0.3) is 0 Å². The summed E-state index contributed by atoms with van der Waals surface area (Å²) in [5.41, 5.74) is 2.90. The van der Waals surface area contributed by atoms with Gasteiger partial charge in [-0.05, 0) is 66.9 Å². The highest BCUT2D eigenvalue weighted by Crippen LogP contribution is 2.35. The third-order valence-electron chi connectivity index (χ3n) is 6.53. The number of hydrogen-bond acceptors (Lipinski definition) is 4. The van der Waals surface area contributed by atoms with Crippen molar-refractivity contribution in [2.24, 2.45) is 0 Å². The highest BCUT2D eigenvalue weighted by Gasteiger charge is 2.33. The molecule has 34 heavy (non-hydrogen) atoms. The van der Waals surface area contributed by atoms with Crippen LogP contribution in [0.2, 0.25) is 0 Å². The van der Waals surface area contributed by atoms with Crippen LogP contribution in [0.5, 0.6) is 5.75 Å². The molecule has 0 fully saturated rings. The summed E-state index contributed by atoms with van der Waals surface area (Å²) in [6, 6.07) is 17.1. The maximum absolute atomic E-state index is 13.9. The summed E-state index contributed by atoms with van der Waals surface area (Å²) in [5.74, 6) is 0.466. The highest BCUT2D eigenvalue weighted by atomic mass is 79.9. The molecule has 3 aromatic carbocycles. The average Bonchev–Trinajstić information content (AvgIpc) is 2.97. The molecule has 4 rings (SSSR count). The molecule has 3 aromatic rings. The van der Waals surface area contributed by atoms with E-state index in [1.165, 1.54) is 0 Å². The molecule has 7 heteroatoms. The number of carbonyl (C=O) groups is 2. The fourth-order valence-corrected chi connectivity index (χ4v) is 5.04. The van der Waals surface area contributed by atoms with Crippen LogP contribution in [0, 0.1) is 0 Å². The first-order valence-corrected chi connectivity index (χ1v) is 12.4. The maximum Gasteiger partial charge on any atom is 0.249 e. The Morgan fingerprint density at radius 3 is 2.74 bits per heavy atom. The van der Waals surface area contributed by atoms with Gasteiger partial charge >= 0.3 is 0 Å². The Kier molecular flexibility index (Phi) is 7.54. The van der Waals surface area contributed by atoms with E-state index in [0.29, 0.717) is 25.8 Å². The number of hydrogen-bond donors (Lipinski definition) is 2. The zero-order valence-corrected chi connectivity index (χ0v) is 21.3. The summed E-state index contributed by atoms with van der Waals surface area (Å²) >= 11 is 3.55. The van der Waals surface area contributed by atoms with Gasteiger partial charge in [0.2, 0.25) is 11.8 Å². The molecule has 0 aromatic heterocycles. The number of aryl methyl sites for hydroxylation is 1. The van der Waals surface area contributed by atoms with E-state index in [-0.39, 0.29) is 17.9 Å². The van der Waals surface area contributed by atoms with Crippen LogP contribution in [-0.2, 0) is 22.6 Å². The Balaban J connectivity index is 1.76. The molecular formula is C27H30BrN3O3. The van der Waals surface area contributed by atoms with Gasteiger partial charge in [0.1, 0.15) is 11.8 Å². The molecule has 2 amide bonds. The number of methoxy groups -OCH3 is 1. The second-order valence-corrected chi connectivity index (χ2v) is 9.43. The second kappa shape index (κ2) is 10.6. The van der Waals surface area contributed by atoms with Crippen molar-refractivity contribution < 1.29 is 14.3 Å². The van der Waals surface area contributed by atoms with Crippen LogP contribution in [0.4, 0.5) is 5.69 Å². The molecule has 0 bridgehead atoms. The van der Waals surface area contributed by atoms with E-state index >= 15 is 0 Å². The Labute approximate surface area is 208 Å². The fourth-order valence-electron chi connectivity index (χ4n) is 4.66. The summed E-state index contributed by atoms with van der Waals surface area (Å²) in [6.07, 6.45) is 1.91. The predicted octanol–water partition coefficient (Wildman–Crippen LogP) is 4.57. The Hall–Kier alpha value is -2.90. The SMILES string of the molecule is CC[C@H](NC)C(=O)NC1CCc2ccccc2N(Cc2c(OC)ccc3cc(Br)ccc23)C1=O. The van der Waals surface area contributed by atoms with Gasteiger partial charge in [-0.25, -0.2) is 0 Å². The lowest BCUT2D eigenvalue weighted by Gasteiger charge is -2.28. The summed E-state index contributed by atoms with van der Waals surface area (Å²) in [4.78, 5) is 28.5. The van der Waals surface area contributed by atoms with E-state index in [1.54, 1.807) is 19.1 Å². The topological polar surface area (TPSA) is 70.7 Å². The van der Waals surface area contributed by atoms with Gasteiger partial charge < -0.3 is 20.3 Å². The zero-order chi connectivity index (χ0) is 24.2. The van der Waals surface area contributed by atoms with Gasteiger partial charge in [0.15, 0.2) is 0 Å². The lowest BCUT2D eigenvalue weighted by molar-refractivity contribution is -0.128. The van der Waals surface area contributed by atoms with Gasteiger partial charge in [-0.2, -0.15) is 0 Å². The van der Waals surface area contributed by atoms with Gasteiger partial charge in [-0.3, -0.25) is 9.59 Å². The molecule has 0 saturated heterocycles. The van der Waals surface area contributed by atoms with Crippen LogP contribution >= 0.6 is 15.9 Å². The number of ether oxygens (including phenoxy) is 1. The number of carbonyl (C=O) groups excluding carboxylic acids is 2. The van der Waals surface area contributed by atoms with Crippen LogP contribution in [0.25, 0.3) is 10.8 Å². The Morgan fingerprint density at radius 1 is 1.21 bits per heavy atom. The fraction of sp³-hybridized carbons (Fsp3) is 0.333. The van der Waals surface area contributed by atoms with Crippen LogP contribution in [0.3, 0.4) is 0 Å². The number of anilines is 1. The van der Waals surface area contributed by atoms with Crippen molar-refractivity contribution in [2.45, 2.75) is 44.8 Å². The molecule has 1 aliphatic heterocycles. The number of nitrogens with one attached hydrogen (secondary N) is 2. The summed E-state index contributed by atoms with van der Waals surface area (Å²) in [5, 5.41) is 8.11. The highest BCUT2D eigenvalue weighted by molar-refractivity contribution is 9.10. The first-order valence-electron chi connectivity index (χ1n) is 11.6. The molecule has 1 unspecified atom stereocenters. The number of para-hydroxylation sites is 1. The summed E-state index contributed by atoms with van der Waals surface area (Å²) < 4.78 is 6.69. The molecule has 6 nitrogen and oxygen atoms in total. The molecule has 1 aliphatic rings. The molecule has 0 aliphatic carbocycles. The van der Waals surface area contributed by atoms with E-state index < -0.39 is 6.04 Å². The van der Waals surface area contributed by atoms with E-state index in [0.717, 1.165) is 37.8 Å². The smallest absolute Gasteiger partial charge is 0.249 e. The van der Waals surface area contributed by atoms with E-state index in [2.05, 4.69) is 38.7 Å². The lowest BCUT2D eigenvalue weighted by Crippen LogP contribution is -2.52. The minimum Gasteiger partial charge on any atom is -0.496 e. The molecule has 178 valence electrons. The average molecular weight is 524 g/mol. The normalized spacial score (nSPS) is 16.6. The third-order valence-corrected chi connectivity index (χ3v) is 7.02. The van der Waals surface area contributed by atoms with Gasteiger partial charge in [-0.1, -0.05) is 53.2 Å². The van der Waals surface area contributed by atoms with E-state index in [9.17, 15) is 9.59 Å². The lowest BCUT2D eigenvalue weighted by atomic mass is 10.0. The van der Waals surface area contributed by atoms with Crippen LogP contribution < -0.4 is 20.3 Å². The monoisotopic (exact) mass is 523 g/mol. The number of nitrogens with zero attached hydrogens (tertiary/aromatic N) is 1. The van der Waals surface area contributed by atoms with Crippen molar-refractivity contribution >= 4 is 44.2 Å². The Bertz CT molecular complexity index is 1210. The number of halogens is 1. The minimum absolute atomic E-state index is 0.111. The molecule has 1 heterocycles. The van der Waals surface area contributed by atoms with Gasteiger partial charge in [0, 0.05) is 15.7 Å². The van der Waals surface area contributed by atoms with Crippen molar-refractivity contribution in [3.63, 3.8) is 0 Å². The third kappa shape index (κ3) is 4.81. The van der Waals surface area contributed by atoms with E-state index in [4.69, 9.17) is 4.74 Å². The van der Waals surface area contributed by atoms with Crippen molar-refractivity contribution in [1.82, 2.24) is 10.6 Å². The van der Waals surface area contributed by atoms with Crippen LogP contribution in [0.15, 0.2) is 59.1 Å². The van der Waals surface area contributed by atoms with Crippen molar-refractivity contribution in [1.29, 1.82) is 0 Å². The molecule has 2 atom stereocenters. The van der Waals surface area contributed by atoms with Crippen molar-refractivity contribution in [3.05, 3.63) is 70.2 Å². The number of rotatable bonds is 7. The molecule has 0 spiro atoms. The van der Waals surface area contributed by atoms with Crippen molar-refractivity contribution in [3.8, 4) is 5.75 Å². The number of amides is 2. The quantitative estimate of drug-likeness (QED) is 0.475. The maximum atomic E-state index is 13.9. The zero-order valence-electron chi connectivity index (χ0n) is 19.7. The Morgan fingerprint density at radius 2 is 2.00 bits per heavy atom. The van der Waals surface area contributed by atoms with Gasteiger partial charge in [-0.15, -0.1) is 0 Å². The number of benzene rings is 3. The number of likely N-dealkylation sites (N-methyl/N-ethyl adjacent to an activating group) is 1. The number of fused-ring (bicyclic) bond motifs is 2. The van der Waals surface area contributed by atoms with E-state index in [1.807, 2.05) is 49.4 Å². The second-order valence-electron chi connectivity index (χ2n) is 8.51. The molecule has 0 saturated carbocycles. The summed E-state index contributed by atoms with van der Waals surface area (Å²) in [7, 11) is 3.41. The standard InChI is InChI=1S/C27H30BrN3O3/c1-4-22(29-2)26(32)30-23-13-9-17-7-5-6-8-24(17)31(27(23)33)16-21-20-12-11-19(28)15-18(20)10-14-25(21)34-3/h5-8,10-12,14-15,22-23,29H,4,9,13,16H2,1-3H3,(H,30,32)/t22-,23?/m0/s1. The predicted molar refractivity (Wildman–Crippen MR) is 139 cm³/mol. The van der Waals surface area contributed by atoms with Crippen molar-refractivity contribution in [2.75, 3.05) is 19.1 Å². The van der Waals surface area contributed by atoms with Crippen LogP contribution in [0.1, 0.15) is 30.9 Å². The molecular weight excluding hydrogens is 494 g/mol. The first-order chi connectivity index (χ1) is 16.5. The van der Waals surface area contributed by atoms with Crippen LogP contribution in [-0.4, -0.2) is 38.1 Å². The van der Waals surface area contributed by atoms with Gasteiger partial charge in [0.05, 0.1) is 19.7 Å². The largest absolute Gasteiger partial charge is 0.496 e. The molecule has 2 N–H and O–H groups in total. The minimum atomic E-state index is -0.600. The molecule has 0 radical (unpaired) electrons. The summed E-state index contributed by atoms with van der Waals surface area (Å²) in [6.45, 7) is 2.29. The first kappa shape index (κ1) is 24.2.